The van der Waals surface area contributed by atoms with Gasteiger partial charge in [-0.3, -0.25) is 4.52 Å². The molecule has 0 bridgehead atoms. The van der Waals surface area contributed by atoms with E-state index in [1.807, 2.05) is 42.3 Å². The van der Waals surface area contributed by atoms with Crippen molar-refractivity contribution in [1.82, 2.24) is 15.5 Å². The quantitative estimate of drug-likeness (QED) is 0.643. The lowest BCUT2D eigenvalue weighted by Gasteiger charge is -2.18. The molecule has 1 saturated carbocycles. The molecule has 7 heteroatoms. The molecule has 1 aliphatic rings. The summed E-state index contributed by atoms with van der Waals surface area (Å²) in [6.45, 7) is 0.374. The van der Waals surface area contributed by atoms with Crippen molar-refractivity contribution >= 4 is 17.3 Å². The van der Waals surface area contributed by atoms with Crippen LogP contribution in [0.1, 0.15) is 18.5 Å². The SMILES string of the molecule is CN(Cc1c(=O)o[nH][n+]1-c1ccccc1)C(=S)NC1CC1. The van der Waals surface area contributed by atoms with Crippen LogP contribution in [-0.2, 0) is 6.54 Å². The van der Waals surface area contributed by atoms with E-state index in [4.69, 9.17) is 16.7 Å². The van der Waals surface area contributed by atoms with Gasteiger partial charge in [0.2, 0.25) is 5.69 Å². The van der Waals surface area contributed by atoms with E-state index in [9.17, 15) is 4.79 Å². The maximum Gasteiger partial charge on any atom is 0.432 e. The molecule has 1 heterocycles. The Morgan fingerprint density at radius 2 is 2.19 bits per heavy atom. The van der Waals surface area contributed by atoms with Gasteiger partial charge in [0.05, 0.1) is 0 Å². The van der Waals surface area contributed by atoms with Gasteiger partial charge in [0.1, 0.15) is 6.54 Å². The van der Waals surface area contributed by atoms with Gasteiger partial charge in [-0.15, -0.1) is 0 Å². The molecular weight excluding hydrogens is 288 g/mol. The topological polar surface area (TPSA) is 65.2 Å². The molecule has 3 rings (SSSR count). The summed E-state index contributed by atoms with van der Waals surface area (Å²) in [5.74, 6) is 0. The summed E-state index contributed by atoms with van der Waals surface area (Å²) in [6.07, 6.45) is 2.31. The Morgan fingerprint density at radius 1 is 1.48 bits per heavy atom. The fourth-order valence-corrected chi connectivity index (χ4v) is 2.25. The zero-order valence-electron chi connectivity index (χ0n) is 11.7. The molecule has 0 spiro atoms. The molecule has 0 atom stereocenters. The number of para-hydroxylation sites is 1. The predicted molar refractivity (Wildman–Crippen MR) is 81.1 cm³/mol. The van der Waals surface area contributed by atoms with E-state index in [0.29, 0.717) is 23.4 Å². The van der Waals surface area contributed by atoms with E-state index in [1.54, 1.807) is 4.68 Å². The number of thiocarbonyl (C=S) groups is 1. The average Bonchev–Trinajstić information content (AvgIpc) is 3.24. The normalized spacial score (nSPS) is 14.0. The Morgan fingerprint density at radius 3 is 2.86 bits per heavy atom. The van der Waals surface area contributed by atoms with E-state index >= 15 is 0 Å². The second-order valence-corrected chi connectivity index (χ2v) is 5.56. The van der Waals surface area contributed by atoms with Gasteiger partial charge in [-0.25, -0.2) is 4.79 Å². The number of nitrogens with one attached hydrogen (secondary N) is 2. The third kappa shape index (κ3) is 3.13. The number of nitrogens with zero attached hydrogens (tertiary/aromatic N) is 2. The monoisotopic (exact) mass is 305 g/mol. The molecule has 1 fully saturated rings. The molecule has 2 aromatic rings. The van der Waals surface area contributed by atoms with Crippen molar-refractivity contribution in [3.63, 3.8) is 0 Å². The van der Waals surface area contributed by atoms with Gasteiger partial charge in [-0.05, 0) is 35.0 Å². The smallest absolute Gasteiger partial charge is 0.360 e. The van der Waals surface area contributed by atoms with Gasteiger partial charge in [0, 0.05) is 25.2 Å². The van der Waals surface area contributed by atoms with Crippen LogP contribution < -0.4 is 15.6 Å². The van der Waals surface area contributed by atoms with Gasteiger partial charge >= 0.3 is 11.3 Å². The van der Waals surface area contributed by atoms with Crippen LogP contribution in [0.2, 0.25) is 0 Å². The zero-order valence-corrected chi connectivity index (χ0v) is 12.5. The largest absolute Gasteiger partial charge is 0.432 e. The van der Waals surface area contributed by atoms with Crippen LogP contribution in [0, 0.1) is 0 Å². The van der Waals surface area contributed by atoms with Crippen LogP contribution >= 0.6 is 12.2 Å². The number of hydrogen-bond acceptors (Lipinski definition) is 3. The predicted octanol–water partition coefficient (Wildman–Crippen LogP) is 0.713. The highest BCUT2D eigenvalue weighted by molar-refractivity contribution is 7.80. The highest BCUT2D eigenvalue weighted by Gasteiger charge is 2.27. The maximum atomic E-state index is 11.9. The van der Waals surface area contributed by atoms with E-state index < -0.39 is 0 Å². The molecule has 0 saturated heterocycles. The van der Waals surface area contributed by atoms with Crippen LogP contribution in [0.5, 0.6) is 0 Å². The summed E-state index contributed by atoms with van der Waals surface area (Å²) in [5.41, 5.74) is 0.955. The number of aromatic amines is 1. The van der Waals surface area contributed by atoms with Crippen molar-refractivity contribution in [2.24, 2.45) is 0 Å². The minimum Gasteiger partial charge on any atom is -0.360 e. The van der Waals surface area contributed by atoms with Crippen molar-refractivity contribution in [2.45, 2.75) is 25.4 Å². The molecule has 21 heavy (non-hydrogen) atoms. The molecule has 0 unspecified atom stereocenters. The van der Waals surface area contributed by atoms with E-state index in [2.05, 4.69) is 10.6 Å². The molecule has 1 aromatic carbocycles. The first-order valence-corrected chi connectivity index (χ1v) is 7.25. The molecule has 0 radical (unpaired) electrons. The lowest BCUT2D eigenvalue weighted by atomic mass is 10.3. The standard InChI is InChI=1S/C14H16N4O2S/c1-17(14(21)15-10-7-8-10)9-12-13(19)20-16-18(12)11-5-3-2-4-6-11/h2-6,10H,7-9H2,1H3,(H-,15,16,19,21)/p+1. The number of aromatic nitrogens is 2. The third-order valence-electron chi connectivity index (χ3n) is 3.39. The fraction of sp³-hybridized carbons (Fsp3) is 0.357. The highest BCUT2D eigenvalue weighted by atomic mass is 32.1. The van der Waals surface area contributed by atoms with Gasteiger partial charge in [0.25, 0.3) is 0 Å². The Labute approximate surface area is 127 Å². The Balaban J connectivity index is 1.80. The summed E-state index contributed by atoms with van der Waals surface area (Å²) < 4.78 is 6.55. The van der Waals surface area contributed by atoms with Crippen molar-refractivity contribution in [2.75, 3.05) is 7.05 Å². The third-order valence-corrected chi connectivity index (χ3v) is 3.82. The Bertz CT molecular complexity index is 690. The molecule has 2 N–H and O–H groups in total. The van der Waals surface area contributed by atoms with Crippen molar-refractivity contribution < 1.29 is 9.20 Å². The Hall–Kier alpha value is -2.15. The summed E-state index contributed by atoms with van der Waals surface area (Å²) in [4.78, 5) is 13.7. The second kappa shape index (κ2) is 5.69. The molecule has 6 nitrogen and oxygen atoms in total. The zero-order chi connectivity index (χ0) is 14.8. The first kappa shape index (κ1) is 13.8. The van der Waals surface area contributed by atoms with Crippen LogP contribution in [-0.4, -0.2) is 28.4 Å². The number of benzene rings is 1. The van der Waals surface area contributed by atoms with Gasteiger partial charge in [-0.2, -0.15) is 0 Å². The molecule has 0 amide bonds. The van der Waals surface area contributed by atoms with E-state index in [0.717, 1.165) is 18.5 Å². The maximum absolute atomic E-state index is 11.9. The fourth-order valence-electron chi connectivity index (χ4n) is 2.02. The average molecular weight is 305 g/mol. The first-order valence-electron chi connectivity index (χ1n) is 6.84. The molecular formula is C14H17N4O2S+. The van der Waals surface area contributed by atoms with Crippen molar-refractivity contribution in [1.29, 1.82) is 0 Å². The second-order valence-electron chi connectivity index (χ2n) is 5.18. The molecule has 0 aliphatic heterocycles. The minimum atomic E-state index is -0.389. The van der Waals surface area contributed by atoms with Crippen LogP contribution in [0.4, 0.5) is 0 Å². The van der Waals surface area contributed by atoms with Crippen molar-refractivity contribution in [3.8, 4) is 5.69 Å². The minimum absolute atomic E-state index is 0.374. The van der Waals surface area contributed by atoms with Crippen LogP contribution in [0.15, 0.2) is 39.6 Å². The summed E-state index contributed by atoms with van der Waals surface area (Å²) >= 11 is 5.33. The number of rotatable bonds is 4. The Kier molecular flexibility index (Phi) is 3.74. The molecule has 110 valence electrons. The van der Waals surface area contributed by atoms with E-state index in [-0.39, 0.29) is 5.63 Å². The first-order chi connectivity index (χ1) is 10.1. The van der Waals surface area contributed by atoms with Gasteiger partial charge in [0.15, 0.2) is 5.11 Å². The molecule has 1 aliphatic carbocycles. The number of H-pyrrole nitrogens is 1. The van der Waals surface area contributed by atoms with Gasteiger partial charge < -0.3 is 10.2 Å². The number of hydrogen-bond donors (Lipinski definition) is 2. The van der Waals surface area contributed by atoms with Crippen LogP contribution in [0.25, 0.3) is 5.69 Å². The highest BCUT2D eigenvalue weighted by Crippen LogP contribution is 2.18. The summed E-state index contributed by atoms with van der Waals surface area (Å²) in [5, 5.41) is 6.53. The summed E-state index contributed by atoms with van der Waals surface area (Å²) in [7, 11) is 1.86. The van der Waals surface area contributed by atoms with E-state index in [1.165, 1.54) is 0 Å². The summed E-state index contributed by atoms with van der Waals surface area (Å²) in [6, 6.07) is 10.0. The lowest BCUT2D eigenvalue weighted by Crippen LogP contribution is -2.44. The van der Waals surface area contributed by atoms with Gasteiger partial charge in [-0.1, -0.05) is 18.2 Å². The lowest BCUT2D eigenvalue weighted by molar-refractivity contribution is -0.678. The van der Waals surface area contributed by atoms with Crippen LogP contribution in [0.3, 0.4) is 0 Å². The van der Waals surface area contributed by atoms with Crippen molar-refractivity contribution in [3.05, 3.63) is 46.4 Å². The molecule has 1 aromatic heterocycles.